The van der Waals surface area contributed by atoms with Crippen LogP contribution in [0.25, 0.3) is 0 Å². The van der Waals surface area contributed by atoms with Gasteiger partial charge in [-0.3, -0.25) is 9.80 Å². The van der Waals surface area contributed by atoms with Gasteiger partial charge in [-0.2, -0.15) is 0 Å². The molecule has 0 aromatic heterocycles. The molecule has 1 unspecified atom stereocenters. The highest BCUT2D eigenvalue weighted by atomic mass is 79.9. The van der Waals surface area contributed by atoms with E-state index in [4.69, 9.17) is 4.74 Å². The van der Waals surface area contributed by atoms with Crippen LogP contribution >= 0.6 is 15.9 Å². The van der Waals surface area contributed by atoms with Crippen molar-refractivity contribution in [1.82, 2.24) is 9.80 Å². The van der Waals surface area contributed by atoms with E-state index in [2.05, 4.69) is 43.9 Å². The predicted octanol–water partition coefficient (Wildman–Crippen LogP) is 3.23. The van der Waals surface area contributed by atoms with Crippen molar-refractivity contribution >= 4 is 15.9 Å². The quantitative estimate of drug-likeness (QED) is 0.800. The monoisotopic (exact) mass is 364 g/mol. The van der Waals surface area contributed by atoms with Gasteiger partial charge in [0.2, 0.25) is 0 Å². The van der Waals surface area contributed by atoms with E-state index < -0.39 is 0 Å². The van der Waals surface area contributed by atoms with Crippen LogP contribution < -0.4 is 0 Å². The fourth-order valence-corrected chi connectivity index (χ4v) is 4.86. The number of benzene rings is 1. The SMILES string of the molecule is Brc1ccc2c(c1)CCC2N1CCC(N2CCOCC2)CC1. The van der Waals surface area contributed by atoms with Crippen LogP contribution in [0.5, 0.6) is 0 Å². The molecule has 4 heteroatoms. The Hall–Kier alpha value is -0.420. The Balaban J connectivity index is 1.38. The van der Waals surface area contributed by atoms with Crippen LogP contribution in [0.4, 0.5) is 0 Å². The molecule has 0 bridgehead atoms. The number of likely N-dealkylation sites (tertiary alicyclic amines) is 1. The number of aryl methyl sites for hydroxylation is 1. The van der Waals surface area contributed by atoms with E-state index in [1.807, 2.05) is 0 Å². The van der Waals surface area contributed by atoms with Crippen LogP contribution in [0, 0.1) is 0 Å². The van der Waals surface area contributed by atoms with E-state index in [0.717, 1.165) is 32.3 Å². The first-order valence-electron chi connectivity index (χ1n) is 8.65. The van der Waals surface area contributed by atoms with Gasteiger partial charge >= 0.3 is 0 Å². The van der Waals surface area contributed by atoms with Crippen molar-refractivity contribution < 1.29 is 4.74 Å². The summed E-state index contributed by atoms with van der Waals surface area (Å²) in [6.07, 6.45) is 5.18. The molecule has 0 spiro atoms. The summed E-state index contributed by atoms with van der Waals surface area (Å²) in [5.74, 6) is 0. The summed E-state index contributed by atoms with van der Waals surface area (Å²) in [5, 5.41) is 0. The molecule has 0 N–H and O–H groups in total. The van der Waals surface area contributed by atoms with Crippen molar-refractivity contribution in [2.24, 2.45) is 0 Å². The van der Waals surface area contributed by atoms with E-state index in [1.165, 1.54) is 43.2 Å². The number of nitrogens with zero attached hydrogens (tertiary/aromatic N) is 2. The molecule has 1 aromatic rings. The second kappa shape index (κ2) is 6.60. The predicted molar refractivity (Wildman–Crippen MR) is 92.2 cm³/mol. The van der Waals surface area contributed by atoms with Crippen molar-refractivity contribution in [2.75, 3.05) is 39.4 Å². The molecule has 1 atom stereocenters. The first-order valence-corrected chi connectivity index (χ1v) is 9.45. The summed E-state index contributed by atoms with van der Waals surface area (Å²) in [5.41, 5.74) is 3.13. The van der Waals surface area contributed by atoms with E-state index in [0.29, 0.717) is 6.04 Å². The molecule has 120 valence electrons. The maximum absolute atomic E-state index is 5.49. The number of morpholine rings is 1. The minimum absolute atomic E-state index is 0.661. The average molecular weight is 365 g/mol. The van der Waals surface area contributed by atoms with Gasteiger partial charge in [-0.1, -0.05) is 22.0 Å². The maximum atomic E-state index is 5.49. The highest BCUT2D eigenvalue weighted by Crippen LogP contribution is 2.38. The second-order valence-electron chi connectivity index (χ2n) is 6.81. The zero-order valence-electron chi connectivity index (χ0n) is 13.1. The molecule has 2 saturated heterocycles. The smallest absolute Gasteiger partial charge is 0.0594 e. The van der Waals surface area contributed by atoms with Crippen LogP contribution in [0.2, 0.25) is 0 Å². The molecule has 22 heavy (non-hydrogen) atoms. The highest BCUT2D eigenvalue weighted by Gasteiger charge is 2.32. The zero-order valence-corrected chi connectivity index (χ0v) is 14.7. The van der Waals surface area contributed by atoms with Gasteiger partial charge in [0.25, 0.3) is 0 Å². The van der Waals surface area contributed by atoms with Crippen LogP contribution in [0.15, 0.2) is 22.7 Å². The van der Waals surface area contributed by atoms with E-state index >= 15 is 0 Å². The Morgan fingerprint density at radius 1 is 0.955 bits per heavy atom. The Labute approximate surface area is 141 Å². The molecule has 0 amide bonds. The van der Waals surface area contributed by atoms with Crippen molar-refractivity contribution in [3.8, 4) is 0 Å². The lowest BCUT2D eigenvalue weighted by Crippen LogP contribution is -2.49. The van der Waals surface area contributed by atoms with Crippen LogP contribution in [0.3, 0.4) is 0 Å². The molecule has 0 saturated carbocycles. The molecule has 0 radical (unpaired) electrons. The third kappa shape index (κ3) is 2.99. The molecule has 2 aliphatic heterocycles. The molecule has 2 heterocycles. The lowest BCUT2D eigenvalue weighted by atomic mass is 9.99. The summed E-state index contributed by atoms with van der Waals surface area (Å²) in [4.78, 5) is 5.39. The van der Waals surface area contributed by atoms with Crippen LogP contribution in [-0.2, 0) is 11.2 Å². The Kier molecular flexibility index (Phi) is 4.54. The second-order valence-corrected chi connectivity index (χ2v) is 7.73. The summed E-state index contributed by atoms with van der Waals surface area (Å²) < 4.78 is 6.71. The minimum atomic E-state index is 0.661. The van der Waals surface area contributed by atoms with Crippen molar-refractivity contribution in [3.63, 3.8) is 0 Å². The van der Waals surface area contributed by atoms with Gasteiger partial charge in [0.1, 0.15) is 0 Å². The first-order chi connectivity index (χ1) is 10.8. The van der Waals surface area contributed by atoms with Gasteiger partial charge in [-0.15, -0.1) is 0 Å². The number of fused-ring (bicyclic) bond motifs is 1. The Bertz CT molecular complexity index is 522. The molecule has 2 fully saturated rings. The largest absolute Gasteiger partial charge is 0.379 e. The molecular weight excluding hydrogens is 340 g/mol. The van der Waals surface area contributed by atoms with Crippen LogP contribution in [0.1, 0.15) is 36.4 Å². The van der Waals surface area contributed by atoms with Gasteiger partial charge in [-0.05, 0) is 48.9 Å². The van der Waals surface area contributed by atoms with Crippen LogP contribution in [-0.4, -0.2) is 55.2 Å². The maximum Gasteiger partial charge on any atom is 0.0594 e. The zero-order chi connectivity index (χ0) is 14.9. The summed E-state index contributed by atoms with van der Waals surface area (Å²) in [7, 11) is 0. The van der Waals surface area contributed by atoms with E-state index in [1.54, 1.807) is 11.1 Å². The number of halogens is 1. The lowest BCUT2D eigenvalue weighted by Gasteiger charge is -2.42. The normalized spacial score (nSPS) is 28.0. The molecular formula is C18H25BrN2O. The molecule has 1 aromatic carbocycles. The number of hydrogen-bond donors (Lipinski definition) is 0. The highest BCUT2D eigenvalue weighted by molar-refractivity contribution is 9.10. The van der Waals surface area contributed by atoms with Gasteiger partial charge in [0.05, 0.1) is 13.2 Å². The number of piperidine rings is 1. The fraction of sp³-hybridized carbons (Fsp3) is 0.667. The Morgan fingerprint density at radius 3 is 2.50 bits per heavy atom. The van der Waals surface area contributed by atoms with Crippen molar-refractivity contribution in [2.45, 2.75) is 37.8 Å². The van der Waals surface area contributed by atoms with Gasteiger partial charge < -0.3 is 4.74 Å². The third-order valence-electron chi connectivity index (χ3n) is 5.65. The molecule has 3 nitrogen and oxygen atoms in total. The van der Waals surface area contributed by atoms with Crippen molar-refractivity contribution in [3.05, 3.63) is 33.8 Å². The third-order valence-corrected chi connectivity index (χ3v) is 6.15. The number of rotatable bonds is 2. The Morgan fingerprint density at radius 2 is 1.73 bits per heavy atom. The summed E-state index contributed by atoms with van der Waals surface area (Å²) in [6.45, 7) is 6.61. The first kappa shape index (κ1) is 15.1. The summed E-state index contributed by atoms with van der Waals surface area (Å²) >= 11 is 3.60. The lowest BCUT2D eigenvalue weighted by molar-refractivity contribution is -0.00335. The molecule has 1 aliphatic carbocycles. The molecule has 3 aliphatic rings. The van der Waals surface area contributed by atoms with E-state index in [-0.39, 0.29) is 0 Å². The van der Waals surface area contributed by atoms with Gasteiger partial charge in [-0.25, -0.2) is 0 Å². The number of ether oxygens (including phenoxy) is 1. The fourth-order valence-electron chi connectivity index (χ4n) is 4.45. The summed E-state index contributed by atoms with van der Waals surface area (Å²) in [6, 6.07) is 8.30. The molecule has 4 rings (SSSR count). The van der Waals surface area contributed by atoms with E-state index in [9.17, 15) is 0 Å². The topological polar surface area (TPSA) is 15.7 Å². The average Bonchev–Trinajstić information content (AvgIpc) is 2.99. The van der Waals surface area contributed by atoms with Gasteiger partial charge in [0, 0.05) is 42.7 Å². The van der Waals surface area contributed by atoms with Crippen molar-refractivity contribution in [1.29, 1.82) is 0 Å². The number of hydrogen-bond acceptors (Lipinski definition) is 3. The standard InChI is InChI=1S/C18H25BrN2O/c19-15-2-3-17-14(13-15)1-4-18(17)21-7-5-16(6-8-21)20-9-11-22-12-10-20/h2-3,13,16,18H,1,4-12H2. The minimum Gasteiger partial charge on any atom is -0.379 e. The van der Waals surface area contributed by atoms with Gasteiger partial charge in [0.15, 0.2) is 0 Å².